The molecule has 1 aliphatic heterocycles. The van der Waals surface area contributed by atoms with Crippen LogP contribution < -0.4 is 5.32 Å². The molecule has 2 aromatic carbocycles. The minimum Gasteiger partial charge on any atom is -0.348 e. The van der Waals surface area contributed by atoms with Crippen LogP contribution in [0.1, 0.15) is 41.6 Å². The van der Waals surface area contributed by atoms with E-state index < -0.39 is 20.9 Å². The Kier molecular flexibility index (Phi) is 6.60. The van der Waals surface area contributed by atoms with E-state index in [2.05, 4.69) is 5.32 Å². The average Bonchev–Trinajstić information content (AvgIpc) is 3.02. The number of non-ortho nitro benzene ring substituents is 1. The molecule has 0 spiro atoms. The van der Waals surface area contributed by atoms with Crippen molar-refractivity contribution in [1.82, 2.24) is 9.62 Å². The highest BCUT2D eigenvalue weighted by atomic mass is 32.2. The van der Waals surface area contributed by atoms with Crippen molar-refractivity contribution < 1.29 is 18.1 Å². The maximum atomic E-state index is 12.9. The number of nitro groups is 1. The van der Waals surface area contributed by atoms with Gasteiger partial charge in [-0.1, -0.05) is 31.0 Å². The zero-order chi connectivity index (χ0) is 20.9. The summed E-state index contributed by atoms with van der Waals surface area (Å²) in [6.45, 7) is 1.18. The molecule has 9 heteroatoms. The summed E-state index contributed by atoms with van der Waals surface area (Å²) in [6, 6.07) is 11.9. The van der Waals surface area contributed by atoms with Gasteiger partial charge in [0.05, 0.1) is 9.82 Å². The summed E-state index contributed by atoms with van der Waals surface area (Å²) in [7, 11) is -3.63. The number of carbonyl (C=O) groups excluding carboxylic acids is 1. The highest BCUT2D eigenvalue weighted by Gasteiger charge is 2.25. The predicted molar refractivity (Wildman–Crippen MR) is 108 cm³/mol. The molecule has 0 atom stereocenters. The molecule has 3 rings (SSSR count). The van der Waals surface area contributed by atoms with Gasteiger partial charge in [0, 0.05) is 37.3 Å². The van der Waals surface area contributed by atoms with Crippen molar-refractivity contribution in [3.8, 4) is 0 Å². The molecule has 0 aromatic heterocycles. The molecular weight excluding hydrogens is 394 g/mol. The van der Waals surface area contributed by atoms with Crippen LogP contribution >= 0.6 is 0 Å². The van der Waals surface area contributed by atoms with E-state index >= 15 is 0 Å². The van der Waals surface area contributed by atoms with Gasteiger partial charge in [0.25, 0.3) is 11.6 Å². The second-order valence-electron chi connectivity index (χ2n) is 6.95. The van der Waals surface area contributed by atoms with Crippen LogP contribution in [0.2, 0.25) is 0 Å². The zero-order valence-electron chi connectivity index (χ0n) is 15.9. The molecule has 154 valence electrons. The quantitative estimate of drug-likeness (QED) is 0.574. The van der Waals surface area contributed by atoms with E-state index in [9.17, 15) is 23.3 Å². The van der Waals surface area contributed by atoms with Gasteiger partial charge in [-0.05, 0) is 36.6 Å². The third-order valence-corrected chi connectivity index (χ3v) is 6.79. The largest absolute Gasteiger partial charge is 0.348 e. The van der Waals surface area contributed by atoms with Crippen LogP contribution in [-0.4, -0.2) is 36.6 Å². The number of benzene rings is 2. The fourth-order valence-electron chi connectivity index (χ4n) is 3.25. The minimum absolute atomic E-state index is 0.0218. The van der Waals surface area contributed by atoms with Crippen molar-refractivity contribution in [2.75, 3.05) is 13.1 Å². The molecule has 0 unspecified atom stereocenters. The number of rotatable bonds is 6. The lowest BCUT2D eigenvalue weighted by molar-refractivity contribution is -0.384. The predicted octanol–water partition coefficient (Wildman–Crippen LogP) is 3.09. The molecule has 1 heterocycles. The lowest BCUT2D eigenvalue weighted by atomic mass is 10.2. The molecule has 1 N–H and O–H groups in total. The van der Waals surface area contributed by atoms with Gasteiger partial charge in [-0.25, -0.2) is 8.42 Å². The van der Waals surface area contributed by atoms with Gasteiger partial charge in [-0.15, -0.1) is 0 Å². The SMILES string of the molecule is O=C(NCc1ccc([N+](=O)[O-])cc1)c1cccc(S(=O)(=O)N2CCCCCC2)c1. The first kappa shape index (κ1) is 20.9. The monoisotopic (exact) mass is 417 g/mol. The number of nitrogens with zero attached hydrogens (tertiary/aromatic N) is 2. The van der Waals surface area contributed by atoms with Crippen LogP contribution in [0.4, 0.5) is 5.69 Å². The maximum Gasteiger partial charge on any atom is 0.269 e. The molecule has 8 nitrogen and oxygen atoms in total. The molecule has 1 fully saturated rings. The van der Waals surface area contributed by atoms with Crippen LogP contribution in [0.3, 0.4) is 0 Å². The Hall–Kier alpha value is -2.78. The highest BCUT2D eigenvalue weighted by Crippen LogP contribution is 2.21. The molecule has 1 saturated heterocycles. The fourth-order valence-corrected chi connectivity index (χ4v) is 4.81. The molecule has 2 aromatic rings. The first-order chi connectivity index (χ1) is 13.9. The summed E-state index contributed by atoms with van der Waals surface area (Å²) in [5.41, 5.74) is 0.937. The van der Waals surface area contributed by atoms with E-state index in [4.69, 9.17) is 0 Å². The summed E-state index contributed by atoms with van der Waals surface area (Å²) in [4.78, 5) is 22.8. The second kappa shape index (κ2) is 9.15. The smallest absolute Gasteiger partial charge is 0.269 e. The van der Waals surface area contributed by atoms with Crippen molar-refractivity contribution in [1.29, 1.82) is 0 Å². The Morgan fingerprint density at radius 2 is 1.69 bits per heavy atom. The number of hydrogen-bond donors (Lipinski definition) is 1. The molecule has 1 aliphatic rings. The van der Waals surface area contributed by atoms with Gasteiger partial charge in [0.1, 0.15) is 0 Å². The Bertz CT molecular complexity index is 981. The van der Waals surface area contributed by atoms with E-state index in [0.29, 0.717) is 18.7 Å². The fraction of sp³-hybridized carbons (Fsp3) is 0.350. The second-order valence-corrected chi connectivity index (χ2v) is 8.89. The lowest BCUT2D eigenvalue weighted by Gasteiger charge is -2.20. The first-order valence-electron chi connectivity index (χ1n) is 9.50. The molecule has 1 amide bonds. The molecule has 29 heavy (non-hydrogen) atoms. The highest BCUT2D eigenvalue weighted by molar-refractivity contribution is 7.89. The van der Waals surface area contributed by atoms with E-state index in [0.717, 1.165) is 25.7 Å². The Balaban J connectivity index is 1.69. The topological polar surface area (TPSA) is 110 Å². The molecule has 0 radical (unpaired) electrons. The van der Waals surface area contributed by atoms with Crippen molar-refractivity contribution in [2.45, 2.75) is 37.1 Å². The summed E-state index contributed by atoms with van der Waals surface area (Å²) >= 11 is 0. The average molecular weight is 417 g/mol. The van der Waals surface area contributed by atoms with Crippen molar-refractivity contribution in [3.63, 3.8) is 0 Å². The van der Waals surface area contributed by atoms with Gasteiger partial charge in [0.15, 0.2) is 0 Å². The van der Waals surface area contributed by atoms with Gasteiger partial charge in [0.2, 0.25) is 10.0 Å². The summed E-state index contributed by atoms with van der Waals surface area (Å²) < 4.78 is 27.3. The van der Waals surface area contributed by atoms with Gasteiger partial charge < -0.3 is 5.32 Å². The number of sulfonamides is 1. The number of hydrogen-bond acceptors (Lipinski definition) is 5. The van der Waals surface area contributed by atoms with Crippen LogP contribution in [0, 0.1) is 10.1 Å². The van der Waals surface area contributed by atoms with Crippen molar-refractivity contribution in [3.05, 3.63) is 69.8 Å². The van der Waals surface area contributed by atoms with E-state index in [1.807, 2.05) is 0 Å². The Morgan fingerprint density at radius 3 is 2.31 bits per heavy atom. The summed E-state index contributed by atoms with van der Waals surface area (Å²) in [5, 5.41) is 13.4. The van der Waals surface area contributed by atoms with Crippen molar-refractivity contribution >= 4 is 21.6 Å². The third-order valence-electron chi connectivity index (χ3n) is 4.90. The molecule has 0 saturated carbocycles. The van der Waals surface area contributed by atoms with Crippen molar-refractivity contribution in [2.24, 2.45) is 0 Å². The Labute approximate surface area is 169 Å². The van der Waals surface area contributed by atoms with Gasteiger partial charge in [-0.2, -0.15) is 4.31 Å². The molecule has 0 aliphatic carbocycles. The minimum atomic E-state index is -3.63. The summed E-state index contributed by atoms with van der Waals surface area (Å²) in [6.07, 6.45) is 3.73. The standard InChI is InChI=1S/C20H23N3O5S/c24-20(21-15-16-8-10-18(11-9-16)23(25)26)17-6-5-7-19(14-17)29(27,28)22-12-3-1-2-4-13-22/h5-11,14H,1-4,12-13,15H2,(H,21,24). The van der Waals surface area contributed by atoms with E-state index in [1.54, 1.807) is 24.3 Å². The third kappa shape index (κ3) is 5.18. The van der Waals surface area contributed by atoms with Crippen LogP contribution in [-0.2, 0) is 16.6 Å². The molecule has 0 bridgehead atoms. The zero-order valence-corrected chi connectivity index (χ0v) is 16.7. The summed E-state index contributed by atoms with van der Waals surface area (Å²) in [5.74, 6) is -0.406. The number of nitro benzene ring substituents is 1. The normalized spacial score (nSPS) is 15.4. The van der Waals surface area contributed by atoms with Gasteiger partial charge >= 0.3 is 0 Å². The number of nitrogens with one attached hydrogen (secondary N) is 1. The molecular formula is C20H23N3O5S. The first-order valence-corrected chi connectivity index (χ1v) is 10.9. The van der Waals surface area contributed by atoms with E-state index in [1.165, 1.54) is 28.6 Å². The van der Waals surface area contributed by atoms with Crippen LogP contribution in [0.5, 0.6) is 0 Å². The van der Waals surface area contributed by atoms with Crippen LogP contribution in [0.25, 0.3) is 0 Å². The number of amides is 1. The van der Waals surface area contributed by atoms with Crippen LogP contribution in [0.15, 0.2) is 53.4 Å². The van der Waals surface area contributed by atoms with Gasteiger partial charge in [-0.3, -0.25) is 14.9 Å². The van der Waals surface area contributed by atoms with E-state index in [-0.39, 0.29) is 22.7 Å². The lowest BCUT2D eigenvalue weighted by Crippen LogP contribution is -2.32. The number of carbonyl (C=O) groups is 1. The maximum absolute atomic E-state index is 12.9. The Morgan fingerprint density at radius 1 is 1.03 bits per heavy atom.